The van der Waals surface area contributed by atoms with Crippen LogP contribution >= 0.6 is 34.2 Å². The maximum atomic E-state index is 6.20. The van der Waals surface area contributed by atoms with Crippen LogP contribution in [0, 0.1) is 15.7 Å². The van der Waals surface area contributed by atoms with E-state index in [0.717, 1.165) is 5.65 Å². The van der Waals surface area contributed by atoms with Crippen LogP contribution < -0.4 is 0 Å². The topological polar surface area (TPSA) is 62.1 Å². The van der Waals surface area contributed by atoms with Crippen LogP contribution in [0.2, 0.25) is 5.15 Å². The van der Waals surface area contributed by atoms with Crippen LogP contribution in [0.4, 0.5) is 0 Å². The number of hydrogen-bond acceptors (Lipinski definition) is 5. The van der Waals surface area contributed by atoms with Gasteiger partial charge in [0.05, 0.1) is 18.5 Å². The van der Waals surface area contributed by atoms with Crippen LogP contribution in [-0.2, 0) is 9.47 Å². The Morgan fingerprint density at radius 1 is 1.27 bits per heavy atom. The van der Waals surface area contributed by atoms with E-state index in [9.17, 15) is 0 Å². The summed E-state index contributed by atoms with van der Waals surface area (Å²) in [5.41, 5.74) is 1.44. The summed E-state index contributed by atoms with van der Waals surface area (Å²) in [7, 11) is 0. The summed E-state index contributed by atoms with van der Waals surface area (Å²) < 4.78 is 15.0. The third-order valence-electron chi connectivity index (χ3n) is 4.92. The molecule has 2 saturated carbocycles. The minimum Gasteiger partial charge on any atom is -0.344 e. The van der Waals surface area contributed by atoms with Gasteiger partial charge in [-0.05, 0) is 32.1 Å². The molecule has 2 aromatic rings. The molecule has 6 nitrogen and oxygen atoms in total. The van der Waals surface area contributed by atoms with Crippen molar-refractivity contribution in [2.24, 2.45) is 11.8 Å². The number of ether oxygens (including phenoxy) is 2. The van der Waals surface area contributed by atoms with Gasteiger partial charge >= 0.3 is 0 Å². The average Bonchev–Trinajstić information content (AvgIpc) is 2.84. The third-order valence-corrected chi connectivity index (χ3v) is 5.67. The number of fused-ring (bicyclic) bond motifs is 4. The second-order valence-electron chi connectivity index (χ2n) is 6.73. The molecule has 2 aromatic heterocycles. The van der Waals surface area contributed by atoms with Crippen LogP contribution in [0.5, 0.6) is 0 Å². The Hall–Kier alpha value is -0.510. The molecule has 3 aliphatic rings. The molecule has 0 radical (unpaired) electrons. The van der Waals surface area contributed by atoms with Gasteiger partial charge in [0.25, 0.3) is 0 Å². The van der Waals surface area contributed by atoms with E-state index in [-0.39, 0.29) is 18.2 Å². The monoisotopic (exact) mass is 432 g/mol. The highest BCUT2D eigenvalue weighted by Gasteiger charge is 2.66. The fourth-order valence-electron chi connectivity index (χ4n) is 4.10. The van der Waals surface area contributed by atoms with Crippen molar-refractivity contribution in [1.29, 1.82) is 0 Å². The molecular weight excluding hydrogens is 419 g/mol. The van der Waals surface area contributed by atoms with Gasteiger partial charge in [-0.3, -0.25) is 0 Å². The van der Waals surface area contributed by atoms with Crippen molar-refractivity contribution in [1.82, 2.24) is 19.5 Å². The minimum atomic E-state index is -0.515. The second-order valence-corrected chi connectivity index (χ2v) is 8.05. The van der Waals surface area contributed by atoms with E-state index in [4.69, 9.17) is 21.1 Å². The third kappa shape index (κ3) is 1.82. The molecule has 2 aliphatic carbocycles. The Morgan fingerprint density at radius 2 is 2.05 bits per heavy atom. The van der Waals surface area contributed by atoms with Crippen molar-refractivity contribution in [3.63, 3.8) is 0 Å². The maximum absolute atomic E-state index is 6.20. The van der Waals surface area contributed by atoms with Gasteiger partial charge < -0.3 is 14.0 Å². The molecule has 22 heavy (non-hydrogen) atoms. The Bertz CT molecular complexity index is 794. The average molecular weight is 433 g/mol. The quantitative estimate of drug-likeness (QED) is 0.394. The summed E-state index contributed by atoms with van der Waals surface area (Å²) in [4.78, 5) is 13.1. The SMILES string of the molecule is CC1(C)OC2C3CC3C(n3cnc4c(Cl)nc(I)nc43)C2O1. The van der Waals surface area contributed by atoms with Crippen LogP contribution in [0.25, 0.3) is 11.2 Å². The second kappa shape index (κ2) is 4.31. The molecule has 3 heterocycles. The summed E-state index contributed by atoms with van der Waals surface area (Å²) >= 11 is 8.28. The fraction of sp³-hybridized carbons (Fsp3) is 0.643. The van der Waals surface area contributed by atoms with Gasteiger partial charge in [-0.15, -0.1) is 0 Å². The fourth-order valence-corrected chi connectivity index (χ4v) is 4.93. The number of imidazole rings is 1. The van der Waals surface area contributed by atoms with E-state index in [0.29, 0.717) is 26.3 Å². The lowest BCUT2D eigenvalue weighted by Crippen LogP contribution is -2.30. The molecule has 0 spiro atoms. The van der Waals surface area contributed by atoms with E-state index in [1.54, 1.807) is 0 Å². The Morgan fingerprint density at radius 3 is 2.86 bits per heavy atom. The zero-order valence-electron chi connectivity index (χ0n) is 12.0. The van der Waals surface area contributed by atoms with Gasteiger partial charge in [-0.1, -0.05) is 11.6 Å². The molecule has 1 aliphatic heterocycles. The van der Waals surface area contributed by atoms with E-state index in [1.165, 1.54) is 6.42 Å². The molecule has 1 saturated heterocycles. The lowest BCUT2D eigenvalue weighted by molar-refractivity contribution is -0.156. The van der Waals surface area contributed by atoms with Crippen molar-refractivity contribution in [3.8, 4) is 0 Å². The zero-order valence-corrected chi connectivity index (χ0v) is 14.9. The Balaban J connectivity index is 1.63. The summed E-state index contributed by atoms with van der Waals surface area (Å²) in [6.45, 7) is 3.96. The molecule has 0 N–H and O–H groups in total. The number of aromatic nitrogens is 4. The predicted molar refractivity (Wildman–Crippen MR) is 87.5 cm³/mol. The van der Waals surface area contributed by atoms with Crippen molar-refractivity contribution >= 4 is 45.4 Å². The molecule has 0 bridgehead atoms. The largest absolute Gasteiger partial charge is 0.344 e. The van der Waals surface area contributed by atoms with Crippen LogP contribution in [0.1, 0.15) is 26.3 Å². The van der Waals surface area contributed by atoms with Crippen molar-refractivity contribution < 1.29 is 9.47 Å². The summed E-state index contributed by atoms with van der Waals surface area (Å²) in [5, 5.41) is 0.402. The first-order chi connectivity index (χ1) is 10.4. The molecule has 0 amide bonds. The van der Waals surface area contributed by atoms with Gasteiger partial charge in [0.15, 0.2) is 20.4 Å². The molecule has 0 aromatic carbocycles. The van der Waals surface area contributed by atoms with Gasteiger partial charge in [-0.2, -0.15) is 0 Å². The first kappa shape index (κ1) is 13.9. The van der Waals surface area contributed by atoms with Gasteiger partial charge in [0, 0.05) is 22.6 Å². The van der Waals surface area contributed by atoms with Crippen LogP contribution in [0.3, 0.4) is 0 Å². The van der Waals surface area contributed by atoms with Crippen LogP contribution in [0.15, 0.2) is 6.33 Å². The molecule has 5 rings (SSSR count). The molecule has 116 valence electrons. The van der Waals surface area contributed by atoms with Gasteiger partial charge in [-0.25, -0.2) is 15.0 Å². The van der Waals surface area contributed by atoms with Crippen molar-refractivity contribution in [2.45, 2.75) is 44.3 Å². The van der Waals surface area contributed by atoms with Crippen molar-refractivity contribution in [2.75, 3.05) is 0 Å². The van der Waals surface area contributed by atoms with E-state index < -0.39 is 5.79 Å². The highest BCUT2D eigenvalue weighted by Crippen LogP contribution is 2.63. The highest BCUT2D eigenvalue weighted by molar-refractivity contribution is 14.1. The minimum absolute atomic E-state index is 0.0579. The first-order valence-electron chi connectivity index (χ1n) is 7.36. The normalized spacial score (nSPS) is 38.3. The summed E-state index contributed by atoms with van der Waals surface area (Å²) in [6.07, 6.45) is 3.24. The maximum Gasteiger partial charge on any atom is 0.194 e. The molecule has 5 atom stereocenters. The van der Waals surface area contributed by atoms with Gasteiger partial charge in [0.2, 0.25) is 0 Å². The summed E-state index contributed by atoms with van der Waals surface area (Å²) in [5.74, 6) is 0.652. The smallest absolute Gasteiger partial charge is 0.194 e. The standard InChI is InChI=1S/C14H14ClIN4O2/c1-14(2)21-9-6-3-5(6)8(10(9)22-14)20-4-17-7-11(15)18-13(16)19-12(7)20/h4-6,8-10H,3H2,1-2H3. The van der Waals surface area contributed by atoms with Crippen molar-refractivity contribution in [3.05, 3.63) is 15.3 Å². The molecular formula is C14H14ClIN4O2. The molecule has 5 unspecified atom stereocenters. The number of halogens is 2. The van der Waals surface area contributed by atoms with Crippen LogP contribution in [-0.4, -0.2) is 37.5 Å². The van der Waals surface area contributed by atoms with E-state index in [2.05, 4.69) is 42.1 Å². The number of hydrogen-bond donors (Lipinski definition) is 0. The Kier molecular flexibility index (Phi) is 2.72. The van der Waals surface area contributed by atoms with E-state index >= 15 is 0 Å². The first-order valence-corrected chi connectivity index (χ1v) is 8.81. The zero-order chi connectivity index (χ0) is 15.2. The lowest BCUT2D eigenvalue weighted by Gasteiger charge is -2.24. The Labute approximate surface area is 145 Å². The predicted octanol–water partition coefficient (Wildman–Crippen LogP) is 2.80. The highest BCUT2D eigenvalue weighted by atomic mass is 127. The number of rotatable bonds is 1. The lowest BCUT2D eigenvalue weighted by atomic mass is 10.1. The molecule has 3 fully saturated rings. The number of nitrogens with zero attached hydrogens (tertiary/aromatic N) is 4. The van der Waals surface area contributed by atoms with Gasteiger partial charge in [0.1, 0.15) is 11.6 Å². The summed E-state index contributed by atoms with van der Waals surface area (Å²) in [6, 6.07) is 0.212. The molecule has 8 heteroatoms. The van der Waals surface area contributed by atoms with E-state index in [1.807, 2.05) is 20.2 Å².